The standard InChI is InChI=1S/C13H12Cl2N2O2S/c1-8-2-4-10(7-12(8)16)17-20(18,19)13-6-9(14)3-5-11(13)15/h2-7,17H,16H2,1H3. The van der Waals surface area contributed by atoms with Gasteiger partial charge in [-0.1, -0.05) is 29.3 Å². The van der Waals surface area contributed by atoms with Gasteiger partial charge in [0.2, 0.25) is 0 Å². The number of hydrogen-bond acceptors (Lipinski definition) is 3. The average Bonchev–Trinajstić information content (AvgIpc) is 2.36. The van der Waals surface area contributed by atoms with Gasteiger partial charge in [0, 0.05) is 10.7 Å². The zero-order valence-corrected chi connectivity index (χ0v) is 12.9. The summed E-state index contributed by atoms with van der Waals surface area (Å²) in [6.07, 6.45) is 0. The molecule has 7 heteroatoms. The predicted molar refractivity (Wildman–Crippen MR) is 82.9 cm³/mol. The van der Waals surface area contributed by atoms with Crippen LogP contribution in [0, 0.1) is 6.92 Å². The molecule has 0 amide bonds. The van der Waals surface area contributed by atoms with E-state index in [1.54, 1.807) is 18.2 Å². The Morgan fingerprint density at radius 3 is 2.45 bits per heavy atom. The molecule has 0 saturated carbocycles. The van der Waals surface area contributed by atoms with Crippen LogP contribution in [0.4, 0.5) is 11.4 Å². The normalized spacial score (nSPS) is 11.3. The van der Waals surface area contributed by atoms with Crippen molar-refractivity contribution in [2.75, 3.05) is 10.5 Å². The number of rotatable bonds is 3. The second-order valence-corrected chi connectivity index (χ2v) is 6.75. The van der Waals surface area contributed by atoms with E-state index in [-0.39, 0.29) is 14.9 Å². The Morgan fingerprint density at radius 2 is 1.80 bits per heavy atom. The van der Waals surface area contributed by atoms with Gasteiger partial charge in [0.25, 0.3) is 10.0 Å². The minimum Gasteiger partial charge on any atom is -0.398 e. The molecular formula is C13H12Cl2N2O2S. The van der Waals surface area contributed by atoms with E-state index in [9.17, 15) is 8.42 Å². The average molecular weight is 331 g/mol. The fourth-order valence-electron chi connectivity index (χ4n) is 1.60. The second-order valence-electron chi connectivity index (χ2n) is 4.25. The number of nitrogens with one attached hydrogen (secondary N) is 1. The molecule has 0 aromatic heterocycles. The van der Waals surface area contributed by atoms with Crippen molar-refractivity contribution < 1.29 is 8.42 Å². The Hall–Kier alpha value is -1.43. The topological polar surface area (TPSA) is 72.2 Å². The Balaban J connectivity index is 2.40. The van der Waals surface area contributed by atoms with E-state index in [4.69, 9.17) is 28.9 Å². The summed E-state index contributed by atoms with van der Waals surface area (Å²) in [7, 11) is -3.82. The number of sulfonamides is 1. The number of halogens is 2. The van der Waals surface area contributed by atoms with Crippen molar-refractivity contribution in [3.8, 4) is 0 Å². The van der Waals surface area contributed by atoms with E-state index in [2.05, 4.69) is 4.72 Å². The first-order valence-corrected chi connectivity index (χ1v) is 7.87. The lowest BCUT2D eigenvalue weighted by atomic mass is 10.2. The third-order valence-corrected chi connectivity index (χ3v) is 4.81. The summed E-state index contributed by atoms with van der Waals surface area (Å²) < 4.78 is 27.0. The summed E-state index contributed by atoms with van der Waals surface area (Å²) >= 11 is 11.7. The SMILES string of the molecule is Cc1ccc(NS(=O)(=O)c2cc(Cl)ccc2Cl)cc1N. The molecule has 0 spiro atoms. The van der Waals surface area contributed by atoms with Crippen LogP contribution in [0.1, 0.15) is 5.56 Å². The number of nitrogens with two attached hydrogens (primary N) is 1. The number of aryl methyl sites for hydroxylation is 1. The minimum absolute atomic E-state index is 0.0780. The Kier molecular flexibility index (Phi) is 4.13. The molecular weight excluding hydrogens is 319 g/mol. The summed E-state index contributed by atoms with van der Waals surface area (Å²) in [4.78, 5) is -0.0780. The lowest BCUT2D eigenvalue weighted by molar-refractivity contribution is 0.601. The molecule has 0 bridgehead atoms. The van der Waals surface area contributed by atoms with Gasteiger partial charge in [0.05, 0.1) is 10.7 Å². The lowest BCUT2D eigenvalue weighted by Gasteiger charge is -2.11. The van der Waals surface area contributed by atoms with Crippen molar-refractivity contribution in [1.29, 1.82) is 0 Å². The maximum Gasteiger partial charge on any atom is 0.263 e. The highest BCUT2D eigenvalue weighted by atomic mass is 35.5. The summed E-state index contributed by atoms with van der Waals surface area (Å²) in [6, 6.07) is 9.15. The fraction of sp³-hybridized carbons (Fsp3) is 0.0769. The number of hydrogen-bond donors (Lipinski definition) is 2. The largest absolute Gasteiger partial charge is 0.398 e. The van der Waals surface area contributed by atoms with Gasteiger partial charge in [0.15, 0.2) is 0 Å². The van der Waals surface area contributed by atoms with Gasteiger partial charge >= 0.3 is 0 Å². The maximum absolute atomic E-state index is 12.3. The molecule has 0 radical (unpaired) electrons. The van der Waals surface area contributed by atoms with Crippen LogP contribution >= 0.6 is 23.2 Å². The molecule has 3 N–H and O–H groups in total. The van der Waals surface area contributed by atoms with Crippen LogP contribution in [0.5, 0.6) is 0 Å². The molecule has 4 nitrogen and oxygen atoms in total. The fourth-order valence-corrected chi connectivity index (χ4v) is 3.41. The highest BCUT2D eigenvalue weighted by Crippen LogP contribution is 2.27. The molecule has 0 saturated heterocycles. The van der Waals surface area contributed by atoms with E-state index in [1.807, 2.05) is 6.92 Å². The van der Waals surface area contributed by atoms with Gasteiger partial charge in [-0.05, 0) is 42.8 Å². The molecule has 0 aliphatic carbocycles. The first-order chi connectivity index (χ1) is 9.29. The van der Waals surface area contributed by atoms with Crippen LogP contribution in [0.15, 0.2) is 41.3 Å². The minimum atomic E-state index is -3.82. The first kappa shape index (κ1) is 15.0. The van der Waals surface area contributed by atoms with Gasteiger partial charge < -0.3 is 5.73 Å². The zero-order valence-electron chi connectivity index (χ0n) is 10.5. The molecule has 0 aliphatic rings. The van der Waals surface area contributed by atoms with Crippen LogP contribution in [-0.4, -0.2) is 8.42 Å². The van der Waals surface area contributed by atoms with Crippen molar-refractivity contribution in [2.24, 2.45) is 0 Å². The van der Waals surface area contributed by atoms with Crippen LogP contribution in [0.3, 0.4) is 0 Å². The highest BCUT2D eigenvalue weighted by Gasteiger charge is 2.18. The van der Waals surface area contributed by atoms with E-state index in [1.165, 1.54) is 18.2 Å². The highest BCUT2D eigenvalue weighted by molar-refractivity contribution is 7.92. The van der Waals surface area contributed by atoms with Crippen molar-refractivity contribution >= 4 is 44.6 Å². The molecule has 0 unspecified atom stereocenters. The molecule has 0 heterocycles. The summed E-state index contributed by atoms with van der Waals surface area (Å²) in [5, 5.41) is 0.389. The quantitative estimate of drug-likeness (QED) is 0.843. The third-order valence-electron chi connectivity index (χ3n) is 2.71. The summed E-state index contributed by atoms with van der Waals surface area (Å²) in [6.45, 7) is 1.83. The van der Waals surface area contributed by atoms with Gasteiger partial charge in [0.1, 0.15) is 4.90 Å². The number of benzene rings is 2. The van der Waals surface area contributed by atoms with Gasteiger partial charge in [-0.25, -0.2) is 8.42 Å². The third kappa shape index (κ3) is 3.17. The van der Waals surface area contributed by atoms with E-state index < -0.39 is 10.0 Å². The van der Waals surface area contributed by atoms with Gasteiger partial charge in [-0.15, -0.1) is 0 Å². The molecule has 106 valence electrons. The smallest absolute Gasteiger partial charge is 0.263 e. The van der Waals surface area contributed by atoms with Crippen LogP contribution in [0.2, 0.25) is 10.0 Å². The van der Waals surface area contributed by atoms with Crippen molar-refractivity contribution in [1.82, 2.24) is 0 Å². The number of nitrogen functional groups attached to an aromatic ring is 1. The van der Waals surface area contributed by atoms with Gasteiger partial charge in [-0.2, -0.15) is 0 Å². The van der Waals surface area contributed by atoms with Gasteiger partial charge in [-0.3, -0.25) is 4.72 Å². The van der Waals surface area contributed by atoms with Crippen molar-refractivity contribution in [3.63, 3.8) is 0 Å². The molecule has 0 fully saturated rings. The maximum atomic E-state index is 12.3. The van der Waals surface area contributed by atoms with E-state index in [0.717, 1.165) is 5.56 Å². The Bertz CT molecular complexity index is 761. The lowest BCUT2D eigenvalue weighted by Crippen LogP contribution is -2.13. The van der Waals surface area contributed by atoms with E-state index >= 15 is 0 Å². The van der Waals surface area contributed by atoms with E-state index in [0.29, 0.717) is 11.4 Å². The molecule has 20 heavy (non-hydrogen) atoms. The predicted octanol–water partition coefficient (Wildman–Crippen LogP) is 3.68. The summed E-state index contributed by atoms with van der Waals surface area (Å²) in [5.41, 5.74) is 7.49. The number of anilines is 2. The molecule has 2 aromatic rings. The molecule has 2 rings (SSSR count). The zero-order chi connectivity index (χ0) is 14.9. The summed E-state index contributed by atoms with van der Waals surface area (Å²) in [5.74, 6) is 0. The molecule has 2 aromatic carbocycles. The molecule has 0 aliphatic heterocycles. The Morgan fingerprint density at radius 1 is 1.10 bits per heavy atom. The van der Waals surface area contributed by atoms with Crippen LogP contribution < -0.4 is 10.5 Å². The monoisotopic (exact) mass is 330 g/mol. The van der Waals surface area contributed by atoms with Crippen LogP contribution in [0.25, 0.3) is 0 Å². The van der Waals surface area contributed by atoms with Crippen LogP contribution in [-0.2, 0) is 10.0 Å². The Labute approximate surface area is 127 Å². The second kappa shape index (κ2) is 5.52. The first-order valence-electron chi connectivity index (χ1n) is 5.63. The van der Waals surface area contributed by atoms with Crippen molar-refractivity contribution in [3.05, 3.63) is 52.0 Å². The van der Waals surface area contributed by atoms with Crippen molar-refractivity contribution in [2.45, 2.75) is 11.8 Å². The molecule has 0 atom stereocenters.